The van der Waals surface area contributed by atoms with Crippen LogP contribution in [-0.2, 0) is 20.8 Å². The number of rotatable bonds is 7. The number of hydrogen-bond donors (Lipinski definition) is 2. The number of nitrogens with one attached hydrogen (secondary N) is 2. The van der Waals surface area contributed by atoms with E-state index in [1.807, 2.05) is 18.2 Å². The molecule has 0 aliphatic carbocycles. The summed E-state index contributed by atoms with van der Waals surface area (Å²) in [6, 6.07) is 17.3. The first-order chi connectivity index (χ1) is 15.2. The fraction of sp³-hybridized carbons (Fsp3) is 0.417. The minimum absolute atomic E-state index is 0.0520. The second kappa shape index (κ2) is 10.5. The van der Waals surface area contributed by atoms with Crippen molar-refractivity contribution in [1.82, 2.24) is 10.2 Å². The summed E-state index contributed by atoms with van der Waals surface area (Å²) in [7, 11) is 0. The number of anilines is 1. The van der Waals surface area contributed by atoms with Gasteiger partial charge in [-0.15, -0.1) is 0 Å². The van der Waals surface area contributed by atoms with Crippen molar-refractivity contribution in [1.29, 1.82) is 0 Å². The molecule has 2 atom stereocenters. The number of ether oxygens (including phenoxy) is 2. The Balaban J connectivity index is 1.26. The molecule has 0 spiro atoms. The van der Waals surface area contributed by atoms with Gasteiger partial charge in [-0.05, 0) is 36.6 Å². The first kappa shape index (κ1) is 21.5. The molecule has 2 aliphatic rings. The highest BCUT2D eigenvalue weighted by Gasteiger charge is 2.24. The van der Waals surface area contributed by atoms with Crippen molar-refractivity contribution in [2.45, 2.75) is 31.6 Å². The molecule has 2 N–H and O–H groups in total. The lowest BCUT2D eigenvalue weighted by molar-refractivity contribution is -0.124. The molecule has 164 valence electrons. The summed E-state index contributed by atoms with van der Waals surface area (Å²) in [4.78, 5) is 27.2. The molecular weight excluding hydrogens is 394 g/mol. The summed E-state index contributed by atoms with van der Waals surface area (Å²) < 4.78 is 11.2. The Labute approximate surface area is 182 Å². The van der Waals surface area contributed by atoms with E-state index in [0.717, 1.165) is 32.5 Å². The number of carbonyl (C=O) groups excluding carboxylic acids is 2. The zero-order chi connectivity index (χ0) is 21.5. The molecule has 0 radical (unpaired) electrons. The van der Waals surface area contributed by atoms with Crippen molar-refractivity contribution >= 4 is 17.5 Å². The third kappa shape index (κ3) is 6.13. The third-order valence-corrected chi connectivity index (χ3v) is 5.58. The predicted octanol–water partition coefficient (Wildman–Crippen LogP) is 2.43. The molecule has 2 heterocycles. The molecule has 2 aromatic carbocycles. The van der Waals surface area contributed by atoms with Gasteiger partial charge in [-0.1, -0.05) is 36.4 Å². The van der Waals surface area contributed by atoms with Crippen molar-refractivity contribution in [2.24, 2.45) is 0 Å². The van der Waals surface area contributed by atoms with Gasteiger partial charge in [0.05, 0.1) is 12.7 Å². The van der Waals surface area contributed by atoms with Gasteiger partial charge >= 0.3 is 0 Å². The number of nitrogens with zero attached hydrogens (tertiary/aromatic N) is 1. The van der Waals surface area contributed by atoms with Crippen LogP contribution in [0.1, 0.15) is 28.8 Å². The Hall–Kier alpha value is -2.74. The van der Waals surface area contributed by atoms with Crippen LogP contribution in [0.4, 0.5) is 5.69 Å². The van der Waals surface area contributed by atoms with Crippen LogP contribution in [0.5, 0.6) is 0 Å². The van der Waals surface area contributed by atoms with Crippen LogP contribution in [0.15, 0.2) is 54.6 Å². The van der Waals surface area contributed by atoms with Crippen LogP contribution in [0, 0.1) is 0 Å². The summed E-state index contributed by atoms with van der Waals surface area (Å²) >= 11 is 0. The largest absolute Gasteiger partial charge is 0.374 e. The van der Waals surface area contributed by atoms with Crippen molar-refractivity contribution in [3.05, 3.63) is 65.7 Å². The van der Waals surface area contributed by atoms with Crippen molar-refractivity contribution in [2.75, 3.05) is 38.2 Å². The van der Waals surface area contributed by atoms with Crippen molar-refractivity contribution in [3.8, 4) is 0 Å². The van der Waals surface area contributed by atoms with Crippen LogP contribution in [-0.4, -0.2) is 61.8 Å². The molecule has 0 unspecified atom stereocenters. The minimum Gasteiger partial charge on any atom is -0.374 e. The van der Waals surface area contributed by atoms with Gasteiger partial charge in [-0.2, -0.15) is 0 Å². The quantitative estimate of drug-likeness (QED) is 0.715. The van der Waals surface area contributed by atoms with Crippen molar-refractivity contribution in [3.63, 3.8) is 0 Å². The Bertz CT molecular complexity index is 883. The molecule has 0 saturated carbocycles. The molecule has 2 fully saturated rings. The van der Waals surface area contributed by atoms with E-state index in [9.17, 15) is 9.59 Å². The average molecular weight is 424 g/mol. The van der Waals surface area contributed by atoms with Gasteiger partial charge in [-0.3, -0.25) is 14.5 Å². The standard InChI is InChI=1S/C24H29N3O4/c28-23(19-8-4-9-20(14-19)26-24(29)22-10-5-12-31-22)25-15-21-17-27(11-13-30-21)16-18-6-2-1-3-7-18/h1-4,6-9,14,21-22H,5,10-13,15-17H2,(H,25,28)(H,26,29)/t21-,22+/m0/s1. The lowest BCUT2D eigenvalue weighted by atomic mass is 10.1. The number of morpholine rings is 1. The molecule has 2 amide bonds. The highest BCUT2D eigenvalue weighted by atomic mass is 16.5. The van der Waals surface area contributed by atoms with Crippen LogP contribution in [0.2, 0.25) is 0 Å². The number of carbonyl (C=O) groups is 2. The molecule has 0 aromatic heterocycles. The van der Waals surface area contributed by atoms with Crippen molar-refractivity contribution < 1.29 is 19.1 Å². The zero-order valence-corrected chi connectivity index (χ0v) is 17.6. The topological polar surface area (TPSA) is 79.9 Å². The van der Waals surface area contributed by atoms with Gasteiger partial charge in [0.2, 0.25) is 0 Å². The highest BCUT2D eigenvalue weighted by Crippen LogP contribution is 2.16. The van der Waals surface area contributed by atoms with Gasteiger partial charge in [0.1, 0.15) is 6.10 Å². The van der Waals surface area contributed by atoms with E-state index in [1.165, 1.54) is 5.56 Å². The second-order valence-corrected chi connectivity index (χ2v) is 8.00. The normalized spacial score (nSPS) is 21.5. The van der Waals surface area contributed by atoms with Gasteiger partial charge in [-0.25, -0.2) is 0 Å². The average Bonchev–Trinajstić information content (AvgIpc) is 3.34. The molecular formula is C24H29N3O4. The first-order valence-electron chi connectivity index (χ1n) is 10.9. The van der Waals surface area contributed by atoms with Gasteiger partial charge < -0.3 is 20.1 Å². The van der Waals surface area contributed by atoms with Gasteiger partial charge in [0.25, 0.3) is 11.8 Å². The Morgan fingerprint density at radius 2 is 1.90 bits per heavy atom. The maximum absolute atomic E-state index is 12.6. The maximum Gasteiger partial charge on any atom is 0.253 e. The summed E-state index contributed by atoms with van der Waals surface area (Å²) in [5.41, 5.74) is 2.37. The molecule has 31 heavy (non-hydrogen) atoms. The number of hydrogen-bond acceptors (Lipinski definition) is 5. The van der Waals surface area contributed by atoms with Crippen LogP contribution < -0.4 is 10.6 Å². The summed E-state index contributed by atoms with van der Waals surface area (Å²) in [6.45, 7) is 4.24. The Kier molecular flexibility index (Phi) is 7.30. The summed E-state index contributed by atoms with van der Waals surface area (Å²) in [6.07, 6.45) is 1.17. The molecule has 7 heteroatoms. The third-order valence-electron chi connectivity index (χ3n) is 5.58. The first-order valence-corrected chi connectivity index (χ1v) is 10.9. The van der Waals surface area contributed by atoms with Gasteiger partial charge in [0, 0.05) is 44.0 Å². The number of benzene rings is 2. The fourth-order valence-corrected chi connectivity index (χ4v) is 3.94. The van der Waals surface area contributed by atoms with Crippen LogP contribution in [0.25, 0.3) is 0 Å². The van der Waals surface area contributed by atoms with Crippen LogP contribution >= 0.6 is 0 Å². The summed E-state index contributed by atoms with van der Waals surface area (Å²) in [5.74, 6) is -0.346. The molecule has 2 saturated heterocycles. The van der Waals surface area contributed by atoms with E-state index in [4.69, 9.17) is 9.47 Å². The minimum atomic E-state index is -0.403. The van der Waals surface area contributed by atoms with E-state index >= 15 is 0 Å². The fourth-order valence-electron chi connectivity index (χ4n) is 3.94. The van der Waals surface area contributed by atoms with E-state index in [0.29, 0.717) is 31.0 Å². The molecule has 2 aliphatic heterocycles. The highest BCUT2D eigenvalue weighted by molar-refractivity contribution is 5.98. The monoisotopic (exact) mass is 423 g/mol. The van der Waals surface area contributed by atoms with E-state index in [1.54, 1.807) is 24.3 Å². The predicted molar refractivity (Wildman–Crippen MR) is 118 cm³/mol. The smallest absolute Gasteiger partial charge is 0.253 e. The number of amides is 2. The van der Waals surface area contributed by atoms with Crippen LogP contribution in [0.3, 0.4) is 0 Å². The Morgan fingerprint density at radius 1 is 1.03 bits per heavy atom. The lowest BCUT2D eigenvalue weighted by Gasteiger charge is -2.33. The van der Waals surface area contributed by atoms with E-state index in [-0.39, 0.29) is 17.9 Å². The Morgan fingerprint density at radius 3 is 2.71 bits per heavy atom. The molecule has 2 aromatic rings. The zero-order valence-electron chi connectivity index (χ0n) is 17.6. The van der Waals surface area contributed by atoms with E-state index < -0.39 is 6.10 Å². The SMILES string of the molecule is O=C(NC[C@H]1CN(Cc2ccccc2)CCO1)c1cccc(NC(=O)[C@H]2CCCO2)c1. The summed E-state index contributed by atoms with van der Waals surface area (Å²) in [5, 5.41) is 5.80. The maximum atomic E-state index is 12.6. The van der Waals surface area contributed by atoms with E-state index in [2.05, 4.69) is 27.7 Å². The lowest BCUT2D eigenvalue weighted by Crippen LogP contribution is -2.47. The molecule has 4 rings (SSSR count). The second-order valence-electron chi connectivity index (χ2n) is 8.00. The molecule has 7 nitrogen and oxygen atoms in total. The molecule has 0 bridgehead atoms. The van der Waals surface area contributed by atoms with Gasteiger partial charge in [0.15, 0.2) is 0 Å².